The lowest BCUT2D eigenvalue weighted by molar-refractivity contribution is 0.185. The van der Waals surface area contributed by atoms with Crippen LogP contribution in [0.5, 0.6) is 0 Å². The minimum Gasteiger partial charge on any atom is -0.487 e. The van der Waals surface area contributed by atoms with Gasteiger partial charge in [0.25, 0.3) is 0 Å². The molecule has 1 aliphatic heterocycles. The highest BCUT2D eigenvalue weighted by Crippen LogP contribution is 2.28. The Bertz CT molecular complexity index is 530. The van der Waals surface area contributed by atoms with Gasteiger partial charge in [0.1, 0.15) is 11.9 Å². The average molecular weight is 232 g/mol. The smallest absolute Gasteiger partial charge is 0.170 e. The fourth-order valence-electron chi connectivity index (χ4n) is 1.25. The third-order valence-electron chi connectivity index (χ3n) is 1.97. The van der Waals surface area contributed by atoms with E-state index in [1.165, 1.54) is 11.3 Å². The number of aromatic nitrogens is 5. The van der Waals surface area contributed by atoms with Gasteiger partial charge in [-0.2, -0.15) is 0 Å². The number of hydrogen-bond acceptors (Lipinski definition) is 6. The molecule has 2 aromatic heterocycles. The van der Waals surface area contributed by atoms with Crippen LogP contribution in [0.25, 0.3) is 10.7 Å². The van der Waals surface area contributed by atoms with Gasteiger partial charge in [0.15, 0.2) is 16.1 Å². The summed E-state index contributed by atoms with van der Waals surface area (Å²) in [4.78, 5) is 0. The SMILES string of the molecule is [c]1nn[nH]c1-c1nnc(C2C=CC=CO2)s1. The van der Waals surface area contributed by atoms with E-state index in [1.54, 1.807) is 6.26 Å². The van der Waals surface area contributed by atoms with Gasteiger partial charge in [0.05, 0.1) is 6.26 Å². The molecule has 2 aromatic rings. The first-order valence-electron chi connectivity index (χ1n) is 4.55. The van der Waals surface area contributed by atoms with Crippen LogP contribution in [0.15, 0.2) is 24.5 Å². The fourth-order valence-corrected chi connectivity index (χ4v) is 2.05. The molecule has 3 rings (SSSR count). The lowest BCUT2D eigenvalue weighted by Gasteiger charge is -2.10. The first-order chi connectivity index (χ1) is 7.93. The van der Waals surface area contributed by atoms with E-state index in [0.717, 1.165) is 5.01 Å². The average Bonchev–Trinajstić information content (AvgIpc) is 3.01. The van der Waals surface area contributed by atoms with Gasteiger partial charge in [-0.25, -0.2) is 0 Å². The summed E-state index contributed by atoms with van der Waals surface area (Å²) in [6.45, 7) is 0. The molecule has 3 heterocycles. The van der Waals surface area contributed by atoms with Crippen molar-refractivity contribution < 1.29 is 4.74 Å². The van der Waals surface area contributed by atoms with Gasteiger partial charge in [-0.05, 0) is 12.2 Å². The summed E-state index contributed by atoms with van der Waals surface area (Å²) in [5.41, 5.74) is 0.638. The highest BCUT2D eigenvalue weighted by atomic mass is 32.1. The molecule has 16 heavy (non-hydrogen) atoms. The van der Waals surface area contributed by atoms with Gasteiger partial charge in [0.2, 0.25) is 0 Å². The Morgan fingerprint density at radius 3 is 3.12 bits per heavy atom. The van der Waals surface area contributed by atoms with Crippen molar-refractivity contribution in [3.63, 3.8) is 0 Å². The Kier molecular flexibility index (Phi) is 2.22. The van der Waals surface area contributed by atoms with Crippen LogP contribution in [-0.2, 0) is 4.74 Å². The van der Waals surface area contributed by atoms with E-state index in [4.69, 9.17) is 4.74 Å². The number of ether oxygens (including phenoxy) is 1. The zero-order chi connectivity index (χ0) is 10.8. The Balaban J connectivity index is 1.88. The van der Waals surface area contributed by atoms with Gasteiger partial charge >= 0.3 is 0 Å². The Labute approximate surface area is 94.7 Å². The van der Waals surface area contributed by atoms with Gasteiger partial charge in [-0.1, -0.05) is 22.6 Å². The maximum Gasteiger partial charge on any atom is 0.170 e. The molecular weight excluding hydrogens is 226 g/mol. The predicted octanol–water partition coefficient (Wildman–Crippen LogP) is 1.26. The number of nitrogens with one attached hydrogen (secondary N) is 1. The molecule has 0 saturated carbocycles. The second-order valence-corrected chi connectivity index (χ2v) is 4.02. The van der Waals surface area contributed by atoms with Crippen LogP contribution in [0, 0.1) is 6.20 Å². The van der Waals surface area contributed by atoms with E-state index in [-0.39, 0.29) is 6.10 Å². The van der Waals surface area contributed by atoms with E-state index in [9.17, 15) is 0 Å². The molecule has 6 nitrogen and oxygen atoms in total. The Morgan fingerprint density at radius 1 is 1.38 bits per heavy atom. The van der Waals surface area contributed by atoms with Crippen molar-refractivity contribution in [1.82, 2.24) is 25.6 Å². The molecule has 1 radical (unpaired) electrons. The molecule has 0 amide bonds. The molecule has 0 spiro atoms. The molecule has 1 N–H and O–H groups in total. The molecule has 0 bridgehead atoms. The summed E-state index contributed by atoms with van der Waals surface area (Å²) in [6, 6.07) is 0. The minimum atomic E-state index is -0.160. The summed E-state index contributed by atoms with van der Waals surface area (Å²) < 4.78 is 5.38. The second-order valence-electron chi connectivity index (χ2n) is 3.01. The van der Waals surface area contributed by atoms with Crippen molar-refractivity contribution in [3.05, 3.63) is 35.7 Å². The maximum absolute atomic E-state index is 5.38. The lowest BCUT2D eigenvalue weighted by atomic mass is 10.3. The van der Waals surface area contributed by atoms with Crippen LogP contribution in [0.3, 0.4) is 0 Å². The van der Waals surface area contributed by atoms with Gasteiger partial charge in [-0.15, -0.1) is 15.3 Å². The zero-order valence-corrected chi connectivity index (χ0v) is 8.81. The minimum absolute atomic E-state index is 0.160. The number of allylic oxidation sites excluding steroid dienone is 2. The molecule has 7 heteroatoms. The first-order valence-corrected chi connectivity index (χ1v) is 5.36. The van der Waals surface area contributed by atoms with Crippen molar-refractivity contribution in [3.8, 4) is 10.7 Å². The summed E-state index contributed by atoms with van der Waals surface area (Å²) in [5, 5.41) is 19.4. The quantitative estimate of drug-likeness (QED) is 0.843. The molecule has 0 aromatic carbocycles. The van der Waals surface area contributed by atoms with Crippen LogP contribution in [0.2, 0.25) is 0 Å². The highest BCUT2D eigenvalue weighted by molar-refractivity contribution is 7.14. The van der Waals surface area contributed by atoms with Crippen LogP contribution >= 0.6 is 11.3 Å². The molecule has 0 fully saturated rings. The van der Waals surface area contributed by atoms with Crippen molar-refractivity contribution in [2.75, 3.05) is 0 Å². The number of aromatic amines is 1. The van der Waals surface area contributed by atoms with Crippen molar-refractivity contribution in [2.45, 2.75) is 6.10 Å². The van der Waals surface area contributed by atoms with E-state index in [0.29, 0.717) is 10.7 Å². The van der Waals surface area contributed by atoms with Gasteiger partial charge in [-0.3, -0.25) is 5.10 Å². The standard InChI is InChI=1S/C9H6N5OS/c1-2-4-15-7(3-1)9-13-12-8(16-9)6-5-10-14-11-6/h1-4,7H,(H,10,11,14). The molecule has 79 valence electrons. The monoisotopic (exact) mass is 232 g/mol. The predicted molar refractivity (Wildman–Crippen MR) is 56.2 cm³/mol. The number of hydrogen-bond donors (Lipinski definition) is 1. The third kappa shape index (κ3) is 1.61. The number of H-pyrrole nitrogens is 1. The number of rotatable bonds is 2. The molecule has 1 atom stereocenters. The Hall–Kier alpha value is -2.02. The van der Waals surface area contributed by atoms with E-state index < -0.39 is 0 Å². The normalized spacial score (nSPS) is 18.6. The lowest BCUT2D eigenvalue weighted by Crippen LogP contribution is -1.98. The van der Waals surface area contributed by atoms with Crippen LogP contribution in [0.4, 0.5) is 0 Å². The fraction of sp³-hybridized carbons (Fsp3) is 0.111. The summed E-state index contributed by atoms with van der Waals surface area (Å²) in [5.74, 6) is 0. The van der Waals surface area contributed by atoms with Crippen LogP contribution < -0.4 is 0 Å². The summed E-state index contributed by atoms with van der Waals surface area (Å²) >= 11 is 1.42. The van der Waals surface area contributed by atoms with E-state index >= 15 is 0 Å². The summed E-state index contributed by atoms with van der Waals surface area (Å²) in [6.07, 6.45) is 9.82. The zero-order valence-electron chi connectivity index (χ0n) is 7.99. The summed E-state index contributed by atoms with van der Waals surface area (Å²) in [7, 11) is 0. The van der Waals surface area contributed by atoms with Crippen molar-refractivity contribution in [1.29, 1.82) is 0 Å². The van der Waals surface area contributed by atoms with Crippen LogP contribution in [0.1, 0.15) is 11.1 Å². The third-order valence-corrected chi connectivity index (χ3v) is 2.97. The molecular formula is C9H6N5OS. The first kappa shape index (κ1) is 9.22. The van der Waals surface area contributed by atoms with Crippen molar-refractivity contribution >= 4 is 11.3 Å². The van der Waals surface area contributed by atoms with Gasteiger partial charge < -0.3 is 4.74 Å². The van der Waals surface area contributed by atoms with Crippen LogP contribution in [-0.4, -0.2) is 25.6 Å². The topological polar surface area (TPSA) is 76.6 Å². The number of nitrogens with zero attached hydrogens (tertiary/aromatic N) is 4. The molecule has 1 aliphatic rings. The van der Waals surface area contributed by atoms with E-state index in [2.05, 4.69) is 31.8 Å². The maximum atomic E-state index is 5.38. The molecule has 0 saturated heterocycles. The van der Waals surface area contributed by atoms with E-state index in [1.807, 2.05) is 18.2 Å². The van der Waals surface area contributed by atoms with Gasteiger partial charge in [0, 0.05) is 0 Å². The second kappa shape index (κ2) is 3.86. The Morgan fingerprint density at radius 2 is 2.38 bits per heavy atom. The largest absolute Gasteiger partial charge is 0.487 e. The molecule has 1 unspecified atom stereocenters. The highest BCUT2D eigenvalue weighted by Gasteiger charge is 2.17. The molecule has 0 aliphatic carbocycles. The van der Waals surface area contributed by atoms with Crippen molar-refractivity contribution in [2.24, 2.45) is 0 Å².